The lowest BCUT2D eigenvalue weighted by molar-refractivity contribution is 0.500. The van der Waals surface area contributed by atoms with Gasteiger partial charge in [0.1, 0.15) is 0 Å². The van der Waals surface area contributed by atoms with Gasteiger partial charge in [0.15, 0.2) is 21.5 Å². The molecule has 1 aliphatic carbocycles. The minimum absolute atomic E-state index is 0.247. The Morgan fingerprint density at radius 2 is 1.80 bits per heavy atom. The number of nitriles is 1. The zero-order valence-electron chi connectivity index (χ0n) is 10.9. The van der Waals surface area contributed by atoms with Gasteiger partial charge in [-0.2, -0.15) is 5.26 Å². The van der Waals surface area contributed by atoms with E-state index in [4.69, 9.17) is 5.26 Å². The van der Waals surface area contributed by atoms with Crippen LogP contribution in [0.25, 0.3) is 0 Å². The van der Waals surface area contributed by atoms with Gasteiger partial charge in [0, 0.05) is 0 Å². The highest BCUT2D eigenvalue weighted by molar-refractivity contribution is 7.92. The Hall–Kier alpha value is -1.48. The van der Waals surface area contributed by atoms with E-state index >= 15 is 0 Å². The van der Waals surface area contributed by atoms with E-state index in [0.29, 0.717) is 18.9 Å². The van der Waals surface area contributed by atoms with Crippen LogP contribution in [0.4, 0.5) is 8.78 Å². The molecule has 1 saturated carbocycles. The topological polar surface area (TPSA) is 57.9 Å². The van der Waals surface area contributed by atoms with Crippen LogP contribution in [0.15, 0.2) is 23.1 Å². The van der Waals surface area contributed by atoms with Gasteiger partial charge in [0.2, 0.25) is 0 Å². The van der Waals surface area contributed by atoms with Crippen LogP contribution in [-0.2, 0) is 9.84 Å². The van der Waals surface area contributed by atoms with Gasteiger partial charge in [-0.05, 0) is 31.0 Å². The maximum atomic E-state index is 13.2. The first-order valence-corrected chi connectivity index (χ1v) is 8.10. The van der Waals surface area contributed by atoms with Crippen LogP contribution in [-0.4, -0.2) is 13.7 Å². The Labute approximate surface area is 117 Å². The number of benzene rings is 1. The number of hydrogen-bond acceptors (Lipinski definition) is 3. The highest BCUT2D eigenvalue weighted by Gasteiger charge is 2.35. The van der Waals surface area contributed by atoms with Crippen LogP contribution in [0.1, 0.15) is 32.1 Å². The summed E-state index contributed by atoms with van der Waals surface area (Å²) in [5.74, 6) is -2.86. The van der Waals surface area contributed by atoms with Crippen molar-refractivity contribution in [3.8, 4) is 6.07 Å². The molecule has 2 unspecified atom stereocenters. The lowest BCUT2D eigenvalue weighted by Gasteiger charge is -2.19. The standard InChI is InChI=1S/C14H15F2NO2S/c15-12-7-6-11(8-13(12)16)20(18,19)14-5-3-1-2-4-10(14)9-17/h6-8,10,14H,1-5H2. The van der Waals surface area contributed by atoms with Gasteiger partial charge in [0.05, 0.1) is 22.1 Å². The van der Waals surface area contributed by atoms with Crippen LogP contribution in [0.3, 0.4) is 0 Å². The normalized spacial score (nSPS) is 23.9. The minimum atomic E-state index is -3.82. The second-order valence-corrected chi connectivity index (χ2v) is 7.20. The van der Waals surface area contributed by atoms with E-state index in [2.05, 4.69) is 0 Å². The summed E-state index contributed by atoms with van der Waals surface area (Å²) in [7, 11) is -3.82. The zero-order chi connectivity index (χ0) is 14.8. The third kappa shape index (κ3) is 2.83. The quantitative estimate of drug-likeness (QED) is 0.622. The Bertz CT molecular complexity index is 637. The maximum absolute atomic E-state index is 13.2. The average Bonchev–Trinajstić information content (AvgIpc) is 2.67. The molecular formula is C14H15F2NO2S. The van der Waals surface area contributed by atoms with Crippen LogP contribution in [0, 0.1) is 28.9 Å². The van der Waals surface area contributed by atoms with Crippen molar-refractivity contribution in [2.75, 3.05) is 0 Å². The molecule has 0 heterocycles. The average molecular weight is 299 g/mol. The van der Waals surface area contributed by atoms with Gasteiger partial charge in [0.25, 0.3) is 0 Å². The van der Waals surface area contributed by atoms with E-state index < -0.39 is 32.6 Å². The van der Waals surface area contributed by atoms with Gasteiger partial charge in [-0.3, -0.25) is 0 Å². The molecular weight excluding hydrogens is 284 g/mol. The molecule has 0 spiro atoms. The van der Waals surface area contributed by atoms with Crippen LogP contribution >= 0.6 is 0 Å². The van der Waals surface area contributed by atoms with Crippen molar-refractivity contribution in [3.05, 3.63) is 29.8 Å². The van der Waals surface area contributed by atoms with Crippen molar-refractivity contribution in [1.82, 2.24) is 0 Å². The van der Waals surface area contributed by atoms with Crippen molar-refractivity contribution in [3.63, 3.8) is 0 Å². The second-order valence-electron chi connectivity index (χ2n) is 5.03. The van der Waals surface area contributed by atoms with Crippen molar-refractivity contribution >= 4 is 9.84 Å². The molecule has 108 valence electrons. The third-order valence-electron chi connectivity index (χ3n) is 3.74. The molecule has 1 aromatic carbocycles. The van der Waals surface area contributed by atoms with Crippen molar-refractivity contribution in [2.45, 2.75) is 42.2 Å². The summed E-state index contributed by atoms with van der Waals surface area (Å²) in [5.41, 5.74) is 0. The predicted octanol–water partition coefficient (Wildman–Crippen LogP) is 3.21. The fourth-order valence-electron chi connectivity index (χ4n) is 2.62. The summed E-state index contributed by atoms with van der Waals surface area (Å²) in [6.07, 6.45) is 3.36. The molecule has 6 heteroatoms. The van der Waals surface area contributed by atoms with Gasteiger partial charge in [-0.25, -0.2) is 17.2 Å². The van der Waals surface area contributed by atoms with Gasteiger partial charge >= 0.3 is 0 Å². The Morgan fingerprint density at radius 1 is 1.10 bits per heavy atom. The summed E-state index contributed by atoms with van der Waals surface area (Å²) < 4.78 is 51.2. The van der Waals surface area contributed by atoms with E-state index in [1.54, 1.807) is 0 Å². The predicted molar refractivity (Wildman–Crippen MR) is 69.5 cm³/mol. The lowest BCUT2D eigenvalue weighted by atomic mass is 10.0. The summed E-state index contributed by atoms with van der Waals surface area (Å²) in [6.45, 7) is 0. The molecule has 0 amide bonds. The Morgan fingerprint density at radius 3 is 2.45 bits per heavy atom. The number of rotatable bonds is 2. The molecule has 1 aromatic rings. The lowest BCUT2D eigenvalue weighted by Crippen LogP contribution is -2.28. The maximum Gasteiger partial charge on any atom is 0.182 e. The molecule has 0 aliphatic heterocycles. The highest BCUT2D eigenvalue weighted by atomic mass is 32.2. The highest BCUT2D eigenvalue weighted by Crippen LogP contribution is 2.32. The summed E-state index contributed by atoms with van der Waals surface area (Å²) >= 11 is 0. The fraction of sp³-hybridized carbons (Fsp3) is 0.500. The molecule has 1 aliphatic rings. The molecule has 1 fully saturated rings. The second kappa shape index (κ2) is 5.88. The molecule has 0 bridgehead atoms. The molecule has 0 aromatic heterocycles. The summed E-state index contributed by atoms with van der Waals surface area (Å²) in [6, 6.07) is 4.62. The minimum Gasteiger partial charge on any atom is -0.223 e. The van der Waals surface area contributed by atoms with Crippen LogP contribution < -0.4 is 0 Å². The first-order valence-electron chi connectivity index (χ1n) is 6.55. The van der Waals surface area contributed by atoms with Crippen molar-refractivity contribution in [1.29, 1.82) is 5.26 Å². The van der Waals surface area contributed by atoms with Gasteiger partial charge in [-0.1, -0.05) is 19.3 Å². The fourth-order valence-corrected chi connectivity index (χ4v) is 4.60. The summed E-state index contributed by atoms with van der Waals surface area (Å²) in [4.78, 5) is -0.247. The van der Waals surface area contributed by atoms with Crippen molar-refractivity contribution < 1.29 is 17.2 Å². The van der Waals surface area contributed by atoms with Gasteiger partial charge < -0.3 is 0 Å². The van der Waals surface area contributed by atoms with E-state index in [1.807, 2.05) is 6.07 Å². The Kier molecular flexibility index (Phi) is 4.39. The zero-order valence-corrected chi connectivity index (χ0v) is 11.7. The smallest absolute Gasteiger partial charge is 0.182 e. The molecule has 0 radical (unpaired) electrons. The number of halogens is 2. The van der Waals surface area contributed by atoms with Crippen molar-refractivity contribution in [2.24, 2.45) is 5.92 Å². The molecule has 0 saturated heterocycles. The van der Waals surface area contributed by atoms with E-state index in [9.17, 15) is 17.2 Å². The number of sulfone groups is 1. The van der Waals surface area contributed by atoms with Crippen LogP contribution in [0.2, 0.25) is 0 Å². The molecule has 3 nitrogen and oxygen atoms in total. The van der Waals surface area contributed by atoms with E-state index in [0.717, 1.165) is 31.4 Å². The molecule has 2 atom stereocenters. The molecule has 2 rings (SSSR count). The third-order valence-corrected chi connectivity index (χ3v) is 6.01. The SMILES string of the molecule is N#CC1CCCCCC1S(=O)(=O)c1ccc(F)c(F)c1. The van der Waals surface area contributed by atoms with E-state index in [1.165, 1.54) is 0 Å². The molecule has 20 heavy (non-hydrogen) atoms. The van der Waals surface area contributed by atoms with E-state index in [-0.39, 0.29) is 4.90 Å². The largest absolute Gasteiger partial charge is 0.223 e. The number of nitrogens with zero attached hydrogens (tertiary/aromatic N) is 1. The molecule has 0 N–H and O–H groups in total. The summed E-state index contributed by atoms with van der Waals surface area (Å²) in [5, 5.41) is 8.31. The Balaban J connectivity index is 2.41. The first kappa shape index (κ1) is 14.9. The first-order chi connectivity index (χ1) is 9.46. The van der Waals surface area contributed by atoms with Crippen LogP contribution in [0.5, 0.6) is 0 Å². The van der Waals surface area contributed by atoms with Gasteiger partial charge in [-0.15, -0.1) is 0 Å². The monoisotopic (exact) mass is 299 g/mol. The number of hydrogen-bond donors (Lipinski definition) is 0.